The van der Waals surface area contributed by atoms with Crippen molar-refractivity contribution in [1.82, 2.24) is 0 Å². The Morgan fingerprint density at radius 3 is 2.58 bits per heavy atom. The Balaban J connectivity index is 2.15. The van der Waals surface area contributed by atoms with E-state index in [2.05, 4.69) is 0 Å². The molecule has 0 saturated heterocycles. The molecule has 0 unspecified atom stereocenters. The molecule has 0 aliphatic heterocycles. The number of carbonyl (C=O) groups excluding carboxylic acids is 1. The zero-order valence-corrected chi connectivity index (χ0v) is 10.5. The van der Waals surface area contributed by atoms with Crippen molar-refractivity contribution in [2.24, 2.45) is 0 Å². The molecule has 2 rings (SSSR count). The van der Waals surface area contributed by atoms with Gasteiger partial charge >= 0.3 is 5.97 Å². The van der Waals surface area contributed by atoms with Gasteiger partial charge in [0, 0.05) is 0 Å². The van der Waals surface area contributed by atoms with Crippen LogP contribution in [-0.2, 0) is 4.74 Å². The van der Waals surface area contributed by atoms with Gasteiger partial charge in [-0.25, -0.2) is 9.18 Å². The lowest BCUT2D eigenvalue weighted by atomic mass is 9.88. The predicted molar refractivity (Wildman–Crippen MR) is 72.1 cm³/mol. The van der Waals surface area contributed by atoms with E-state index in [1.165, 1.54) is 18.2 Å². The molecular weight excluding hydrogens is 242 g/mol. The third-order valence-electron chi connectivity index (χ3n) is 2.78. The second-order valence-corrected chi connectivity index (χ2v) is 4.19. The number of ether oxygens (including phenoxy) is 1. The van der Waals surface area contributed by atoms with Crippen molar-refractivity contribution in [3.8, 4) is 0 Å². The number of halogens is 1. The van der Waals surface area contributed by atoms with E-state index < -0.39 is 17.9 Å². The molecular formula is C15H12BFO2. The topological polar surface area (TPSA) is 26.3 Å². The van der Waals surface area contributed by atoms with Crippen molar-refractivity contribution in [2.75, 3.05) is 0 Å². The van der Waals surface area contributed by atoms with Crippen molar-refractivity contribution >= 4 is 19.3 Å². The minimum Gasteiger partial charge on any atom is -0.454 e. The van der Waals surface area contributed by atoms with Crippen LogP contribution < -0.4 is 5.46 Å². The molecule has 19 heavy (non-hydrogen) atoms. The standard InChI is InChI=1S/C15H12BFO2/c1-10(13-9-12(17)7-8-14(13)16)19-15(18)11-5-3-2-4-6-11/h2-10H,1H3/t10-/m1/s1. The number of rotatable bonds is 3. The molecule has 2 nitrogen and oxygen atoms in total. The third kappa shape index (κ3) is 3.22. The van der Waals surface area contributed by atoms with Crippen molar-refractivity contribution in [3.05, 3.63) is 65.5 Å². The van der Waals surface area contributed by atoms with Gasteiger partial charge in [0.15, 0.2) is 0 Å². The highest BCUT2D eigenvalue weighted by Crippen LogP contribution is 2.17. The monoisotopic (exact) mass is 254 g/mol. The van der Waals surface area contributed by atoms with E-state index in [-0.39, 0.29) is 0 Å². The highest BCUT2D eigenvalue weighted by Gasteiger charge is 2.15. The van der Waals surface area contributed by atoms with E-state index in [4.69, 9.17) is 12.6 Å². The highest BCUT2D eigenvalue weighted by molar-refractivity contribution is 6.33. The average molecular weight is 254 g/mol. The zero-order chi connectivity index (χ0) is 13.8. The number of carbonyl (C=O) groups is 1. The van der Waals surface area contributed by atoms with Crippen LogP contribution in [-0.4, -0.2) is 13.8 Å². The van der Waals surface area contributed by atoms with Crippen molar-refractivity contribution < 1.29 is 13.9 Å². The van der Waals surface area contributed by atoms with Gasteiger partial charge in [-0.15, -0.1) is 0 Å². The van der Waals surface area contributed by atoms with E-state index in [0.717, 1.165) is 0 Å². The molecule has 0 aliphatic carbocycles. The van der Waals surface area contributed by atoms with E-state index in [1.807, 2.05) is 6.07 Å². The number of esters is 1. The maximum absolute atomic E-state index is 13.2. The van der Waals surface area contributed by atoms with E-state index in [9.17, 15) is 9.18 Å². The molecule has 0 amide bonds. The van der Waals surface area contributed by atoms with Gasteiger partial charge in [0.2, 0.25) is 0 Å². The van der Waals surface area contributed by atoms with Crippen molar-refractivity contribution in [3.63, 3.8) is 0 Å². The molecule has 2 aromatic rings. The summed E-state index contributed by atoms with van der Waals surface area (Å²) in [5.74, 6) is -0.872. The molecule has 0 heterocycles. The molecule has 0 saturated carbocycles. The fraction of sp³-hybridized carbons (Fsp3) is 0.133. The normalized spacial score (nSPS) is 11.9. The molecule has 0 aromatic heterocycles. The Morgan fingerprint density at radius 2 is 1.89 bits per heavy atom. The highest BCUT2D eigenvalue weighted by atomic mass is 19.1. The molecule has 4 heteroatoms. The lowest BCUT2D eigenvalue weighted by Gasteiger charge is -2.16. The fourth-order valence-electron chi connectivity index (χ4n) is 1.76. The number of hydrogen-bond acceptors (Lipinski definition) is 2. The third-order valence-corrected chi connectivity index (χ3v) is 2.78. The van der Waals surface area contributed by atoms with Crippen LogP contribution in [0.15, 0.2) is 48.5 Å². The summed E-state index contributed by atoms with van der Waals surface area (Å²) < 4.78 is 18.4. The van der Waals surface area contributed by atoms with Crippen LogP contribution in [0, 0.1) is 5.82 Å². The van der Waals surface area contributed by atoms with Gasteiger partial charge in [-0.1, -0.05) is 29.7 Å². The first-order valence-corrected chi connectivity index (χ1v) is 5.89. The lowest BCUT2D eigenvalue weighted by Crippen LogP contribution is -2.17. The van der Waals surface area contributed by atoms with Gasteiger partial charge in [-0.3, -0.25) is 0 Å². The number of hydrogen-bond donors (Lipinski definition) is 0. The summed E-state index contributed by atoms with van der Waals surface area (Å²) in [5, 5.41) is 0. The Hall–Kier alpha value is -2.10. The summed E-state index contributed by atoms with van der Waals surface area (Å²) in [5.41, 5.74) is 1.31. The van der Waals surface area contributed by atoms with Crippen LogP contribution in [0.2, 0.25) is 0 Å². The summed E-state index contributed by atoms with van der Waals surface area (Å²) in [4.78, 5) is 11.9. The average Bonchev–Trinajstić information content (AvgIpc) is 2.42. The van der Waals surface area contributed by atoms with Crippen molar-refractivity contribution in [1.29, 1.82) is 0 Å². The summed E-state index contributed by atoms with van der Waals surface area (Å²) in [6, 6.07) is 12.6. The minimum absolute atomic E-state index is 0.398. The van der Waals surface area contributed by atoms with Gasteiger partial charge in [-0.2, -0.15) is 0 Å². The molecule has 94 valence electrons. The second-order valence-electron chi connectivity index (χ2n) is 4.19. The molecule has 0 fully saturated rings. The van der Waals surface area contributed by atoms with Gasteiger partial charge in [0.25, 0.3) is 0 Å². The van der Waals surface area contributed by atoms with Crippen LogP contribution in [0.3, 0.4) is 0 Å². The largest absolute Gasteiger partial charge is 0.454 e. The summed E-state index contributed by atoms with van der Waals surface area (Å²) >= 11 is 0. The van der Waals surface area contributed by atoms with E-state index >= 15 is 0 Å². The van der Waals surface area contributed by atoms with Crippen LogP contribution in [0.25, 0.3) is 0 Å². The van der Waals surface area contributed by atoms with Crippen LogP contribution >= 0.6 is 0 Å². The first kappa shape index (κ1) is 13.3. The molecule has 2 aromatic carbocycles. The van der Waals surface area contributed by atoms with Crippen LogP contribution in [0.5, 0.6) is 0 Å². The second kappa shape index (κ2) is 5.70. The fourth-order valence-corrected chi connectivity index (χ4v) is 1.76. The molecule has 0 aliphatic rings. The van der Waals surface area contributed by atoms with Crippen LogP contribution in [0.1, 0.15) is 28.9 Å². The van der Waals surface area contributed by atoms with E-state index in [1.54, 1.807) is 31.2 Å². The maximum atomic E-state index is 13.2. The number of benzene rings is 2. The molecule has 0 spiro atoms. The quantitative estimate of drug-likeness (QED) is 0.621. The van der Waals surface area contributed by atoms with Gasteiger partial charge in [0.05, 0.1) is 5.56 Å². The minimum atomic E-state index is -0.608. The predicted octanol–water partition coefficient (Wildman–Crippen LogP) is 2.54. The molecule has 1 atom stereocenters. The Bertz CT molecular complexity index is 584. The first-order chi connectivity index (χ1) is 9.08. The van der Waals surface area contributed by atoms with Gasteiger partial charge in [-0.05, 0) is 36.8 Å². The van der Waals surface area contributed by atoms with Gasteiger partial charge < -0.3 is 4.74 Å². The van der Waals surface area contributed by atoms with E-state index in [0.29, 0.717) is 16.6 Å². The van der Waals surface area contributed by atoms with Gasteiger partial charge in [0.1, 0.15) is 19.8 Å². The Kier molecular flexibility index (Phi) is 4.00. The maximum Gasteiger partial charge on any atom is 0.338 e. The Morgan fingerprint density at radius 1 is 1.21 bits per heavy atom. The smallest absolute Gasteiger partial charge is 0.338 e. The first-order valence-electron chi connectivity index (χ1n) is 5.89. The summed E-state index contributed by atoms with van der Waals surface area (Å²) in [6.45, 7) is 1.66. The zero-order valence-electron chi connectivity index (χ0n) is 10.5. The summed E-state index contributed by atoms with van der Waals surface area (Å²) in [7, 11) is 5.75. The molecule has 0 N–H and O–H groups in total. The molecule has 0 bridgehead atoms. The Labute approximate surface area is 112 Å². The van der Waals surface area contributed by atoms with Crippen molar-refractivity contribution in [2.45, 2.75) is 13.0 Å². The molecule has 2 radical (unpaired) electrons. The summed E-state index contributed by atoms with van der Waals surface area (Å²) in [6.07, 6.45) is -0.608. The van der Waals surface area contributed by atoms with Crippen LogP contribution in [0.4, 0.5) is 4.39 Å². The SMILES string of the molecule is [B]c1ccc(F)cc1[C@@H](C)OC(=O)c1ccccc1. The lowest BCUT2D eigenvalue weighted by molar-refractivity contribution is 0.0339.